The summed E-state index contributed by atoms with van der Waals surface area (Å²) in [5, 5.41) is 10.4. The standard InChI is InChI=1S/C16H20F3N5/c1-3-20-15(22-11-14-8-9-23-24(14)2)21-10-12-4-6-13(7-5-12)16(17,18)19/h4-9H,3,10-11H2,1-2H3,(H2,20,21,22). The van der Waals surface area contributed by atoms with Gasteiger partial charge >= 0.3 is 6.18 Å². The molecule has 0 fully saturated rings. The Morgan fingerprint density at radius 3 is 2.42 bits per heavy atom. The van der Waals surface area contributed by atoms with Crippen LogP contribution < -0.4 is 10.6 Å². The molecule has 0 atom stereocenters. The van der Waals surface area contributed by atoms with Crippen LogP contribution in [0.4, 0.5) is 13.2 Å². The Bertz CT molecular complexity index is 674. The van der Waals surface area contributed by atoms with Gasteiger partial charge in [-0.05, 0) is 30.7 Å². The lowest BCUT2D eigenvalue weighted by molar-refractivity contribution is -0.137. The molecule has 1 heterocycles. The molecule has 0 bridgehead atoms. The maximum Gasteiger partial charge on any atom is 0.416 e. The predicted molar refractivity (Wildman–Crippen MR) is 86.3 cm³/mol. The number of aryl methyl sites for hydroxylation is 1. The summed E-state index contributed by atoms with van der Waals surface area (Å²) < 4.78 is 39.4. The van der Waals surface area contributed by atoms with E-state index in [0.29, 0.717) is 31.2 Å². The molecule has 0 radical (unpaired) electrons. The SMILES string of the molecule is CCNC(=NCc1ccc(C(F)(F)F)cc1)NCc1ccnn1C. The quantitative estimate of drug-likeness (QED) is 0.650. The van der Waals surface area contributed by atoms with Crippen LogP contribution >= 0.6 is 0 Å². The molecule has 0 aliphatic carbocycles. The first kappa shape index (κ1) is 17.8. The first-order valence-electron chi connectivity index (χ1n) is 7.55. The summed E-state index contributed by atoms with van der Waals surface area (Å²) in [4.78, 5) is 4.39. The number of nitrogens with one attached hydrogen (secondary N) is 2. The first-order valence-corrected chi connectivity index (χ1v) is 7.55. The first-order chi connectivity index (χ1) is 11.4. The van der Waals surface area contributed by atoms with E-state index in [9.17, 15) is 13.2 Å². The third-order valence-electron chi connectivity index (χ3n) is 3.40. The Balaban J connectivity index is 1.98. The number of hydrogen-bond donors (Lipinski definition) is 2. The molecule has 0 amide bonds. The van der Waals surface area contributed by atoms with Crippen molar-refractivity contribution in [2.75, 3.05) is 6.54 Å². The number of nitrogens with zero attached hydrogens (tertiary/aromatic N) is 3. The second kappa shape index (κ2) is 7.85. The lowest BCUT2D eigenvalue weighted by atomic mass is 10.1. The zero-order chi connectivity index (χ0) is 17.6. The van der Waals surface area contributed by atoms with Gasteiger partial charge in [0.05, 0.1) is 24.3 Å². The van der Waals surface area contributed by atoms with Gasteiger partial charge in [-0.15, -0.1) is 0 Å². The van der Waals surface area contributed by atoms with Crippen molar-refractivity contribution >= 4 is 5.96 Å². The van der Waals surface area contributed by atoms with Crippen LogP contribution in [0.25, 0.3) is 0 Å². The lowest BCUT2D eigenvalue weighted by Gasteiger charge is -2.11. The molecule has 0 aliphatic heterocycles. The van der Waals surface area contributed by atoms with E-state index < -0.39 is 11.7 Å². The van der Waals surface area contributed by atoms with E-state index in [0.717, 1.165) is 17.8 Å². The van der Waals surface area contributed by atoms with E-state index in [4.69, 9.17) is 0 Å². The van der Waals surface area contributed by atoms with Crippen LogP contribution in [0.5, 0.6) is 0 Å². The van der Waals surface area contributed by atoms with E-state index in [1.165, 1.54) is 12.1 Å². The molecular formula is C16H20F3N5. The Hall–Kier alpha value is -2.51. The van der Waals surface area contributed by atoms with Crippen molar-refractivity contribution in [3.8, 4) is 0 Å². The number of halogens is 3. The van der Waals surface area contributed by atoms with Crippen LogP contribution in [-0.2, 0) is 26.3 Å². The second-order valence-electron chi connectivity index (χ2n) is 5.19. The van der Waals surface area contributed by atoms with E-state index in [1.54, 1.807) is 10.9 Å². The van der Waals surface area contributed by atoms with Crippen molar-refractivity contribution < 1.29 is 13.2 Å². The molecule has 130 valence electrons. The monoisotopic (exact) mass is 339 g/mol. The van der Waals surface area contributed by atoms with E-state index >= 15 is 0 Å². The molecule has 0 aliphatic rings. The van der Waals surface area contributed by atoms with Gasteiger partial charge in [0.15, 0.2) is 5.96 Å². The highest BCUT2D eigenvalue weighted by atomic mass is 19.4. The van der Waals surface area contributed by atoms with Crippen molar-refractivity contribution in [1.82, 2.24) is 20.4 Å². The molecule has 2 aromatic rings. The molecule has 2 rings (SSSR count). The zero-order valence-electron chi connectivity index (χ0n) is 13.6. The van der Waals surface area contributed by atoms with Crippen LogP contribution in [-0.4, -0.2) is 22.3 Å². The van der Waals surface area contributed by atoms with Gasteiger partial charge in [0.2, 0.25) is 0 Å². The summed E-state index contributed by atoms with van der Waals surface area (Å²) in [6.07, 6.45) is -2.61. The van der Waals surface area contributed by atoms with E-state index in [-0.39, 0.29) is 0 Å². The van der Waals surface area contributed by atoms with Crippen LogP contribution in [0.2, 0.25) is 0 Å². The average molecular weight is 339 g/mol. The van der Waals surface area contributed by atoms with Crippen LogP contribution in [0.3, 0.4) is 0 Å². The van der Waals surface area contributed by atoms with Crippen LogP contribution in [0, 0.1) is 0 Å². The van der Waals surface area contributed by atoms with Crippen LogP contribution in [0.1, 0.15) is 23.7 Å². The lowest BCUT2D eigenvalue weighted by Crippen LogP contribution is -2.37. The van der Waals surface area contributed by atoms with Gasteiger partial charge in [-0.25, -0.2) is 4.99 Å². The summed E-state index contributed by atoms with van der Waals surface area (Å²) in [6, 6.07) is 6.92. The second-order valence-corrected chi connectivity index (χ2v) is 5.19. The van der Waals surface area contributed by atoms with Crippen molar-refractivity contribution in [1.29, 1.82) is 0 Å². The van der Waals surface area contributed by atoms with Gasteiger partial charge in [-0.1, -0.05) is 12.1 Å². The zero-order valence-corrected chi connectivity index (χ0v) is 13.6. The number of aromatic nitrogens is 2. The molecule has 0 saturated heterocycles. The molecule has 1 aromatic carbocycles. The summed E-state index contributed by atoms with van der Waals surface area (Å²) >= 11 is 0. The molecular weight excluding hydrogens is 319 g/mol. The third kappa shape index (κ3) is 5.00. The van der Waals surface area contributed by atoms with Crippen LogP contribution in [0.15, 0.2) is 41.5 Å². The van der Waals surface area contributed by atoms with E-state index in [1.807, 2.05) is 20.0 Å². The number of alkyl halides is 3. The van der Waals surface area contributed by atoms with Gasteiger partial charge in [0.1, 0.15) is 0 Å². The van der Waals surface area contributed by atoms with Crippen molar-refractivity contribution in [3.05, 3.63) is 53.3 Å². The Kier molecular flexibility index (Phi) is 5.83. The Morgan fingerprint density at radius 1 is 1.17 bits per heavy atom. The number of benzene rings is 1. The molecule has 8 heteroatoms. The molecule has 0 spiro atoms. The molecule has 2 N–H and O–H groups in total. The van der Waals surface area contributed by atoms with Crippen molar-refractivity contribution in [2.24, 2.45) is 12.0 Å². The number of aliphatic imine (C=N–C) groups is 1. The predicted octanol–water partition coefficient (Wildman–Crippen LogP) is 2.69. The molecule has 0 unspecified atom stereocenters. The topological polar surface area (TPSA) is 54.2 Å². The fraction of sp³-hybridized carbons (Fsp3) is 0.375. The minimum absolute atomic E-state index is 0.291. The maximum absolute atomic E-state index is 12.5. The Labute approximate surface area is 138 Å². The number of guanidine groups is 1. The summed E-state index contributed by atoms with van der Waals surface area (Å²) in [7, 11) is 1.85. The summed E-state index contributed by atoms with van der Waals surface area (Å²) in [5.41, 5.74) is 1.05. The van der Waals surface area contributed by atoms with Gasteiger partial charge in [0.25, 0.3) is 0 Å². The fourth-order valence-electron chi connectivity index (χ4n) is 2.06. The highest BCUT2D eigenvalue weighted by Crippen LogP contribution is 2.29. The molecule has 24 heavy (non-hydrogen) atoms. The third-order valence-corrected chi connectivity index (χ3v) is 3.40. The van der Waals surface area contributed by atoms with Gasteiger partial charge in [-0.3, -0.25) is 4.68 Å². The fourth-order valence-corrected chi connectivity index (χ4v) is 2.06. The highest BCUT2D eigenvalue weighted by molar-refractivity contribution is 5.79. The van der Waals surface area contributed by atoms with Gasteiger partial charge in [0, 0.05) is 19.8 Å². The normalized spacial score (nSPS) is 12.3. The largest absolute Gasteiger partial charge is 0.416 e. The molecule has 5 nitrogen and oxygen atoms in total. The maximum atomic E-state index is 12.5. The van der Waals surface area contributed by atoms with Crippen molar-refractivity contribution in [3.63, 3.8) is 0 Å². The minimum atomic E-state index is -4.32. The number of rotatable bonds is 5. The van der Waals surface area contributed by atoms with Gasteiger partial charge in [-0.2, -0.15) is 18.3 Å². The highest BCUT2D eigenvalue weighted by Gasteiger charge is 2.29. The summed E-state index contributed by atoms with van der Waals surface area (Å²) in [5.74, 6) is 0.596. The number of hydrogen-bond acceptors (Lipinski definition) is 2. The average Bonchev–Trinajstić information content (AvgIpc) is 2.95. The molecule has 1 aromatic heterocycles. The Morgan fingerprint density at radius 2 is 1.88 bits per heavy atom. The van der Waals surface area contributed by atoms with Crippen molar-refractivity contribution in [2.45, 2.75) is 26.2 Å². The molecule has 0 saturated carbocycles. The summed E-state index contributed by atoms with van der Waals surface area (Å²) in [6.45, 7) is 3.47. The van der Waals surface area contributed by atoms with Gasteiger partial charge < -0.3 is 10.6 Å². The van der Waals surface area contributed by atoms with E-state index in [2.05, 4.69) is 20.7 Å². The smallest absolute Gasteiger partial charge is 0.357 e. The minimum Gasteiger partial charge on any atom is -0.357 e.